The van der Waals surface area contributed by atoms with Crippen LogP contribution in [-0.4, -0.2) is 53.6 Å². The molecule has 6 nitrogen and oxygen atoms in total. The van der Waals surface area contributed by atoms with Gasteiger partial charge >= 0.3 is 0 Å². The molecule has 0 aliphatic carbocycles. The Kier molecular flexibility index (Phi) is 3.98. The minimum atomic E-state index is 0.143. The van der Waals surface area contributed by atoms with E-state index in [1.165, 1.54) is 10.8 Å². The number of pyridine rings is 1. The lowest BCUT2D eigenvalue weighted by Gasteiger charge is -2.36. The highest BCUT2D eigenvalue weighted by atomic mass is 16.5. The standard InChI is InChI=1S/C20H24N4O2/c1-13-20-15(5-6-21-13)16-11-18(19(26-4)12-17(16)22(20)3)24-9-7-23(8-10-24)14(2)25/h5-6,11-12H,7-10H2,1-4H3. The van der Waals surface area contributed by atoms with E-state index >= 15 is 0 Å². The normalized spacial score (nSPS) is 15.1. The van der Waals surface area contributed by atoms with E-state index in [4.69, 9.17) is 4.74 Å². The van der Waals surface area contributed by atoms with E-state index in [0.717, 1.165) is 54.3 Å². The Balaban J connectivity index is 1.84. The quantitative estimate of drug-likeness (QED) is 0.712. The molecule has 136 valence electrons. The summed E-state index contributed by atoms with van der Waals surface area (Å²) in [5, 5.41) is 2.42. The molecule has 1 aliphatic rings. The molecule has 3 aromatic rings. The predicted octanol–water partition coefficient (Wildman–Crippen LogP) is 2.71. The van der Waals surface area contributed by atoms with Gasteiger partial charge in [-0.05, 0) is 19.1 Å². The average molecular weight is 352 g/mol. The van der Waals surface area contributed by atoms with Crippen LogP contribution >= 0.6 is 0 Å². The van der Waals surface area contributed by atoms with Crippen LogP contribution < -0.4 is 9.64 Å². The van der Waals surface area contributed by atoms with E-state index in [1.54, 1.807) is 14.0 Å². The van der Waals surface area contributed by atoms with Gasteiger partial charge in [-0.15, -0.1) is 0 Å². The molecule has 0 N–H and O–H groups in total. The van der Waals surface area contributed by atoms with Gasteiger partial charge in [-0.25, -0.2) is 0 Å². The first-order valence-electron chi connectivity index (χ1n) is 8.93. The number of aryl methyl sites for hydroxylation is 2. The van der Waals surface area contributed by atoms with E-state index in [2.05, 4.69) is 39.7 Å². The molecule has 2 aromatic heterocycles. The first-order valence-corrected chi connectivity index (χ1v) is 8.93. The zero-order chi connectivity index (χ0) is 18.4. The highest BCUT2D eigenvalue weighted by Gasteiger charge is 2.23. The summed E-state index contributed by atoms with van der Waals surface area (Å²) >= 11 is 0. The fraction of sp³-hybridized carbons (Fsp3) is 0.400. The van der Waals surface area contributed by atoms with E-state index in [1.807, 2.05) is 18.0 Å². The van der Waals surface area contributed by atoms with Crippen LogP contribution in [0.3, 0.4) is 0 Å². The first kappa shape index (κ1) is 16.7. The molecule has 1 aromatic carbocycles. The number of hydrogen-bond acceptors (Lipinski definition) is 4. The topological polar surface area (TPSA) is 50.6 Å². The summed E-state index contributed by atoms with van der Waals surface area (Å²) in [5.74, 6) is 1.01. The number of benzene rings is 1. The van der Waals surface area contributed by atoms with Crippen molar-refractivity contribution in [2.45, 2.75) is 13.8 Å². The number of ether oxygens (including phenoxy) is 1. The molecule has 6 heteroatoms. The molecular formula is C20H24N4O2. The Bertz CT molecular complexity index is 1000. The SMILES string of the molecule is COc1cc2c(cc1N1CCN(C(C)=O)CC1)c1ccnc(C)c1n2C. The molecule has 1 amide bonds. The third-order valence-corrected chi connectivity index (χ3v) is 5.46. The van der Waals surface area contributed by atoms with Crippen molar-refractivity contribution in [1.29, 1.82) is 0 Å². The van der Waals surface area contributed by atoms with Crippen molar-refractivity contribution >= 4 is 33.4 Å². The minimum absolute atomic E-state index is 0.143. The Hall–Kier alpha value is -2.76. The van der Waals surface area contributed by atoms with Crippen LogP contribution in [0.5, 0.6) is 5.75 Å². The number of fused-ring (bicyclic) bond motifs is 3. The zero-order valence-corrected chi connectivity index (χ0v) is 15.7. The number of methoxy groups -OCH3 is 1. The van der Waals surface area contributed by atoms with Gasteiger partial charge in [0, 0.05) is 63.2 Å². The first-order chi connectivity index (χ1) is 12.5. The lowest BCUT2D eigenvalue weighted by molar-refractivity contribution is -0.129. The van der Waals surface area contributed by atoms with Crippen LogP contribution in [-0.2, 0) is 11.8 Å². The molecule has 0 unspecified atom stereocenters. The minimum Gasteiger partial charge on any atom is -0.495 e. The third kappa shape index (κ3) is 2.48. The molecule has 1 aliphatic heterocycles. The summed E-state index contributed by atoms with van der Waals surface area (Å²) in [6.07, 6.45) is 1.87. The van der Waals surface area contributed by atoms with E-state index < -0.39 is 0 Å². The molecule has 4 rings (SSSR count). The van der Waals surface area contributed by atoms with E-state index in [0.29, 0.717) is 0 Å². The lowest BCUT2D eigenvalue weighted by atomic mass is 10.1. The second-order valence-corrected chi connectivity index (χ2v) is 6.89. The number of carbonyl (C=O) groups is 1. The van der Waals surface area contributed by atoms with Crippen molar-refractivity contribution in [3.63, 3.8) is 0 Å². The van der Waals surface area contributed by atoms with Gasteiger partial charge in [-0.1, -0.05) is 0 Å². The molecule has 0 radical (unpaired) electrons. The fourth-order valence-corrected chi connectivity index (χ4v) is 4.04. The van der Waals surface area contributed by atoms with Crippen molar-refractivity contribution < 1.29 is 9.53 Å². The number of carbonyl (C=O) groups excluding carboxylic acids is 1. The van der Waals surface area contributed by atoms with Gasteiger partial charge in [-0.3, -0.25) is 9.78 Å². The summed E-state index contributed by atoms with van der Waals surface area (Å²) in [4.78, 5) is 20.2. The van der Waals surface area contributed by atoms with Crippen LogP contribution in [0.15, 0.2) is 24.4 Å². The second kappa shape index (κ2) is 6.20. The molecule has 1 saturated heterocycles. The number of amides is 1. The fourth-order valence-electron chi connectivity index (χ4n) is 4.04. The molecule has 26 heavy (non-hydrogen) atoms. The maximum Gasteiger partial charge on any atom is 0.219 e. The van der Waals surface area contributed by atoms with Crippen molar-refractivity contribution in [1.82, 2.24) is 14.5 Å². The molecule has 3 heterocycles. The number of aromatic nitrogens is 2. The van der Waals surface area contributed by atoms with Crippen LogP contribution in [0.2, 0.25) is 0 Å². The summed E-state index contributed by atoms with van der Waals surface area (Å²) in [5.41, 5.74) is 4.41. The predicted molar refractivity (Wildman–Crippen MR) is 104 cm³/mol. The summed E-state index contributed by atoms with van der Waals surface area (Å²) in [6, 6.07) is 6.41. The van der Waals surface area contributed by atoms with Crippen molar-refractivity contribution in [3.8, 4) is 5.75 Å². The van der Waals surface area contributed by atoms with Gasteiger partial charge in [-0.2, -0.15) is 0 Å². The highest BCUT2D eigenvalue weighted by Crippen LogP contribution is 2.38. The van der Waals surface area contributed by atoms with Gasteiger partial charge in [0.05, 0.1) is 29.5 Å². The van der Waals surface area contributed by atoms with Gasteiger partial charge in [0.15, 0.2) is 0 Å². The number of rotatable bonds is 2. The van der Waals surface area contributed by atoms with Crippen molar-refractivity contribution in [3.05, 3.63) is 30.1 Å². The maximum absolute atomic E-state index is 11.6. The Morgan fingerprint density at radius 2 is 1.88 bits per heavy atom. The van der Waals surface area contributed by atoms with E-state index in [9.17, 15) is 4.79 Å². The number of nitrogens with zero attached hydrogens (tertiary/aromatic N) is 4. The van der Waals surface area contributed by atoms with Gasteiger partial charge in [0.2, 0.25) is 5.91 Å². The zero-order valence-electron chi connectivity index (χ0n) is 15.7. The maximum atomic E-state index is 11.6. The van der Waals surface area contributed by atoms with Gasteiger partial charge in [0.25, 0.3) is 0 Å². The largest absolute Gasteiger partial charge is 0.495 e. The molecule has 0 saturated carbocycles. The lowest BCUT2D eigenvalue weighted by Crippen LogP contribution is -2.48. The van der Waals surface area contributed by atoms with Crippen LogP contribution in [0.4, 0.5) is 5.69 Å². The van der Waals surface area contributed by atoms with Crippen molar-refractivity contribution in [2.75, 3.05) is 38.2 Å². The number of hydrogen-bond donors (Lipinski definition) is 0. The Morgan fingerprint density at radius 3 is 2.54 bits per heavy atom. The summed E-state index contributed by atoms with van der Waals surface area (Å²) in [7, 11) is 3.79. The van der Waals surface area contributed by atoms with E-state index in [-0.39, 0.29) is 5.91 Å². The molecular weight excluding hydrogens is 328 g/mol. The number of piperazine rings is 1. The van der Waals surface area contributed by atoms with Gasteiger partial charge in [0.1, 0.15) is 5.75 Å². The van der Waals surface area contributed by atoms with Crippen LogP contribution in [0.1, 0.15) is 12.6 Å². The second-order valence-electron chi connectivity index (χ2n) is 6.89. The third-order valence-electron chi connectivity index (χ3n) is 5.46. The molecule has 0 atom stereocenters. The highest BCUT2D eigenvalue weighted by molar-refractivity contribution is 6.10. The monoisotopic (exact) mass is 352 g/mol. The average Bonchev–Trinajstić information content (AvgIpc) is 2.94. The smallest absolute Gasteiger partial charge is 0.219 e. The number of anilines is 1. The van der Waals surface area contributed by atoms with Gasteiger partial charge < -0.3 is 19.1 Å². The molecule has 0 bridgehead atoms. The molecule has 0 spiro atoms. The van der Waals surface area contributed by atoms with Crippen LogP contribution in [0.25, 0.3) is 21.8 Å². The van der Waals surface area contributed by atoms with Crippen LogP contribution in [0, 0.1) is 6.92 Å². The molecule has 1 fully saturated rings. The summed E-state index contributed by atoms with van der Waals surface area (Å²) in [6.45, 7) is 6.79. The van der Waals surface area contributed by atoms with Crippen molar-refractivity contribution in [2.24, 2.45) is 7.05 Å². The summed E-state index contributed by atoms with van der Waals surface area (Å²) < 4.78 is 7.90. The Morgan fingerprint density at radius 1 is 1.15 bits per heavy atom. The Labute approximate surface area is 153 Å².